The summed E-state index contributed by atoms with van der Waals surface area (Å²) in [5.41, 5.74) is 0.756. The molecule has 1 aliphatic carbocycles. The third kappa shape index (κ3) is 4.44. The van der Waals surface area contributed by atoms with Crippen LogP contribution in [0.25, 0.3) is 0 Å². The number of halogens is 3. The van der Waals surface area contributed by atoms with E-state index in [0.717, 1.165) is 25.5 Å². The SMILES string of the molecule is O=C(NCC1CCCCC1CBr)c1cc(Br)ccc1I. The van der Waals surface area contributed by atoms with Crippen molar-refractivity contribution in [2.24, 2.45) is 11.8 Å². The Hall–Kier alpha value is 0.380. The fraction of sp³-hybridized carbons (Fsp3) is 0.533. The summed E-state index contributed by atoms with van der Waals surface area (Å²) in [7, 11) is 0. The standard InChI is InChI=1S/C15H18Br2INO/c16-8-10-3-1-2-4-11(10)9-19-15(20)13-7-12(17)5-6-14(13)18/h5-7,10-11H,1-4,8-9H2,(H,19,20). The molecule has 1 N–H and O–H groups in total. The highest BCUT2D eigenvalue weighted by atomic mass is 127. The van der Waals surface area contributed by atoms with Gasteiger partial charge in [0.05, 0.1) is 5.56 Å². The Morgan fingerprint density at radius 2 is 2.00 bits per heavy atom. The Morgan fingerprint density at radius 3 is 2.70 bits per heavy atom. The van der Waals surface area contributed by atoms with E-state index < -0.39 is 0 Å². The molecule has 0 radical (unpaired) electrons. The highest BCUT2D eigenvalue weighted by Crippen LogP contribution is 2.31. The van der Waals surface area contributed by atoms with Gasteiger partial charge < -0.3 is 5.32 Å². The topological polar surface area (TPSA) is 29.1 Å². The molecule has 0 aromatic heterocycles. The molecule has 2 rings (SSSR count). The van der Waals surface area contributed by atoms with Gasteiger partial charge in [0.2, 0.25) is 0 Å². The van der Waals surface area contributed by atoms with Crippen molar-refractivity contribution >= 4 is 60.4 Å². The van der Waals surface area contributed by atoms with Crippen molar-refractivity contribution in [3.63, 3.8) is 0 Å². The molecule has 1 fully saturated rings. The molecule has 2 nitrogen and oxygen atoms in total. The van der Waals surface area contributed by atoms with Gasteiger partial charge in [-0.2, -0.15) is 0 Å². The van der Waals surface area contributed by atoms with Gasteiger partial charge in [-0.3, -0.25) is 4.79 Å². The average Bonchev–Trinajstić information content (AvgIpc) is 2.47. The summed E-state index contributed by atoms with van der Waals surface area (Å²) in [6.45, 7) is 0.789. The first kappa shape index (κ1) is 16.7. The van der Waals surface area contributed by atoms with E-state index in [1.165, 1.54) is 25.7 Å². The fourth-order valence-corrected chi connectivity index (χ4v) is 4.54. The lowest BCUT2D eigenvalue weighted by Gasteiger charge is -2.30. The number of benzene rings is 1. The van der Waals surface area contributed by atoms with Gasteiger partial charge >= 0.3 is 0 Å². The summed E-state index contributed by atoms with van der Waals surface area (Å²) < 4.78 is 1.93. The zero-order valence-electron chi connectivity index (χ0n) is 11.2. The average molecular weight is 515 g/mol. The second-order valence-electron chi connectivity index (χ2n) is 5.29. The predicted molar refractivity (Wildman–Crippen MR) is 98.4 cm³/mol. The number of rotatable bonds is 4. The maximum Gasteiger partial charge on any atom is 0.252 e. The lowest BCUT2D eigenvalue weighted by atomic mass is 9.80. The van der Waals surface area contributed by atoms with Gasteiger partial charge in [-0.15, -0.1) is 0 Å². The van der Waals surface area contributed by atoms with Gasteiger partial charge in [0.1, 0.15) is 0 Å². The van der Waals surface area contributed by atoms with Crippen LogP contribution in [0.3, 0.4) is 0 Å². The molecule has 1 saturated carbocycles. The maximum absolute atomic E-state index is 12.3. The predicted octanol–water partition coefficient (Wildman–Crippen LogP) is 4.98. The Bertz CT molecular complexity index is 481. The molecule has 1 aromatic rings. The van der Waals surface area contributed by atoms with Crippen LogP contribution in [0, 0.1) is 15.4 Å². The number of alkyl halides is 1. The van der Waals surface area contributed by atoms with Crippen LogP contribution in [0.4, 0.5) is 0 Å². The van der Waals surface area contributed by atoms with Crippen LogP contribution in [-0.2, 0) is 0 Å². The first-order chi connectivity index (χ1) is 9.61. The Labute approximate surface area is 150 Å². The van der Waals surface area contributed by atoms with Gasteiger partial charge in [0, 0.05) is 19.9 Å². The largest absolute Gasteiger partial charge is 0.352 e. The molecule has 0 bridgehead atoms. The van der Waals surface area contributed by atoms with E-state index in [0.29, 0.717) is 11.8 Å². The van der Waals surface area contributed by atoms with E-state index in [4.69, 9.17) is 0 Å². The molecule has 0 spiro atoms. The zero-order chi connectivity index (χ0) is 14.5. The van der Waals surface area contributed by atoms with Gasteiger partial charge in [-0.25, -0.2) is 0 Å². The van der Waals surface area contributed by atoms with Crippen LogP contribution in [0.2, 0.25) is 0 Å². The molecule has 20 heavy (non-hydrogen) atoms. The summed E-state index contributed by atoms with van der Waals surface area (Å²) in [6.07, 6.45) is 5.12. The molecular formula is C15H18Br2INO. The van der Waals surface area contributed by atoms with E-state index in [1.54, 1.807) is 0 Å². The van der Waals surface area contributed by atoms with Crippen LogP contribution < -0.4 is 5.32 Å². The maximum atomic E-state index is 12.3. The minimum absolute atomic E-state index is 0.0367. The molecule has 1 aliphatic rings. The molecular weight excluding hydrogens is 497 g/mol. The van der Waals surface area contributed by atoms with E-state index in [2.05, 4.69) is 59.8 Å². The van der Waals surface area contributed by atoms with Crippen LogP contribution in [0.1, 0.15) is 36.0 Å². The summed E-state index contributed by atoms with van der Waals surface area (Å²) in [5.74, 6) is 1.34. The molecule has 1 aromatic carbocycles. The van der Waals surface area contributed by atoms with Crippen molar-refractivity contribution in [1.82, 2.24) is 5.32 Å². The first-order valence-corrected chi connectivity index (χ1v) is 9.90. The third-order valence-corrected chi connectivity index (χ3v) is 6.23. The highest BCUT2D eigenvalue weighted by molar-refractivity contribution is 14.1. The molecule has 2 atom stereocenters. The normalized spacial score (nSPS) is 22.6. The lowest BCUT2D eigenvalue weighted by molar-refractivity contribution is 0.0936. The molecule has 0 heterocycles. The summed E-state index contributed by atoms with van der Waals surface area (Å²) in [4.78, 5) is 12.3. The fourth-order valence-electron chi connectivity index (χ4n) is 2.75. The molecule has 0 aliphatic heterocycles. The molecule has 110 valence electrons. The van der Waals surface area contributed by atoms with Gasteiger partial charge in [0.15, 0.2) is 0 Å². The van der Waals surface area contributed by atoms with Crippen molar-refractivity contribution in [2.75, 3.05) is 11.9 Å². The Balaban J connectivity index is 1.96. The summed E-state index contributed by atoms with van der Waals surface area (Å²) >= 11 is 9.24. The van der Waals surface area contributed by atoms with Crippen LogP contribution in [0.5, 0.6) is 0 Å². The van der Waals surface area contributed by atoms with Gasteiger partial charge in [-0.05, 0) is 65.5 Å². The Morgan fingerprint density at radius 1 is 1.30 bits per heavy atom. The minimum atomic E-state index is 0.0367. The molecule has 1 amide bonds. The summed E-state index contributed by atoms with van der Waals surface area (Å²) in [5, 5.41) is 4.16. The quantitative estimate of drug-likeness (QED) is 0.445. The van der Waals surface area contributed by atoms with Crippen LogP contribution in [0.15, 0.2) is 22.7 Å². The minimum Gasteiger partial charge on any atom is -0.352 e. The van der Waals surface area contributed by atoms with Gasteiger partial charge in [-0.1, -0.05) is 44.7 Å². The summed E-state index contributed by atoms with van der Waals surface area (Å²) in [6, 6.07) is 5.81. The van der Waals surface area contributed by atoms with Crippen molar-refractivity contribution in [3.8, 4) is 0 Å². The van der Waals surface area contributed by atoms with E-state index in [1.807, 2.05) is 18.2 Å². The van der Waals surface area contributed by atoms with E-state index in [9.17, 15) is 4.79 Å². The van der Waals surface area contributed by atoms with E-state index in [-0.39, 0.29) is 5.91 Å². The molecule has 2 unspecified atom stereocenters. The van der Waals surface area contributed by atoms with Crippen molar-refractivity contribution < 1.29 is 4.79 Å². The van der Waals surface area contributed by atoms with Gasteiger partial charge in [0.25, 0.3) is 5.91 Å². The lowest BCUT2D eigenvalue weighted by Crippen LogP contribution is -2.35. The third-order valence-electron chi connectivity index (χ3n) is 3.96. The van der Waals surface area contributed by atoms with E-state index >= 15 is 0 Å². The highest BCUT2D eigenvalue weighted by Gasteiger charge is 2.24. The number of nitrogens with one attached hydrogen (secondary N) is 1. The molecule has 0 saturated heterocycles. The van der Waals surface area contributed by atoms with Crippen molar-refractivity contribution in [3.05, 3.63) is 31.8 Å². The number of hydrogen-bond acceptors (Lipinski definition) is 1. The van der Waals surface area contributed by atoms with Crippen molar-refractivity contribution in [1.29, 1.82) is 0 Å². The first-order valence-electron chi connectivity index (χ1n) is 6.91. The van der Waals surface area contributed by atoms with Crippen LogP contribution in [-0.4, -0.2) is 17.8 Å². The second kappa shape index (κ2) is 8.13. The monoisotopic (exact) mass is 513 g/mol. The Kier molecular flexibility index (Phi) is 6.81. The van der Waals surface area contributed by atoms with Crippen LogP contribution >= 0.6 is 54.5 Å². The number of amides is 1. The number of carbonyl (C=O) groups excluding carboxylic acids is 1. The number of hydrogen-bond donors (Lipinski definition) is 1. The number of carbonyl (C=O) groups is 1. The second-order valence-corrected chi connectivity index (χ2v) is 8.02. The molecule has 5 heteroatoms. The zero-order valence-corrected chi connectivity index (χ0v) is 16.5. The van der Waals surface area contributed by atoms with Crippen molar-refractivity contribution in [2.45, 2.75) is 25.7 Å². The smallest absolute Gasteiger partial charge is 0.252 e.